The molecule has 1 saturated carbocycles. The number of hydrogen-bond acceptors (Lipinski definition) is 5. The summed E-state index contributed by atoms with van der Waals surface area (Å²) in [5, 5.41) is 7.44. The lowest BCUT2D eigenvalue weighted by Gasteiger charge is -2.34. The van der Waals surface area contributed by atoms with Crippen LogP contribution in [0.4, 0.5) is 4.39 Å². The van der Waals surface area contributed by atoms with E-state index in [1.807, 2.05) is 6.92 Å². The van der Waals surface area contributed by atoms with E-state index in [1.165, 1.54) is 19.9 Å². The molecule has 0 radical (unpaired) electrons. The average molecular weight is 720 g/mol. The van der Waals surface area contributed by atoms with Gasteiger partial charge in [0.15, 0.2) is 0 Å². The van der Waals surface area contributed by atoms with E-state index in [4.69, 9.17) is 16.3 Å². The van der Waals surface area contributed by atoms with Crippen LogP contribution < -0.4 is 15.7 Å². The van der Waals surface area contributed by atoms with Crippen molar-refractivity contribution >= 4 is 39.3 Å². The number of nitrogens with one attached hydrogen (secondary N) is 1. The Balaban J connectivity index is 1.27. The molecular formula is C34H29BrClFN6O4. The molecule has 240 valence electrons. The molecule has 7 rings (SSSR count). The van der Waals surface area contributed by atoms with Crippen molar-refractivity contribution in [1.82, 2.24) is 29.1 Å². The van der Waals surface area contributed by atoms with E-state index in [2.05, 4.69) is 26.3 Å². The zero-order valence-electron chi connectivity index (χ0n) is 25.2. The van der Waals surface area contributed by atoms with Crippen molar-refractivity contribution < 1.29 is 18.7 Å². The number of rotatable bonds is 8. The number of ether oxygens (including phenoxy) is 1. The third-order valence-corrected chi connectivity index (χ3v) is 9.61. The van der Waals surface area contributed by atoms with Crippen molar-refractivity contribution in [3.05, 3.63) is 127 Å². The Kier molecular flexibility index (Phi) is 8.23. The number of halogens is 3. The molecule has 1 fully saturated rings. The number of hydrogen-bond donors (Lipinski definition) is 1. The molecule has 13 heteroatoms. The van der Waals surface area contributed by atoms with Crippen LogP contribution in [0.1, 0.15) is 51.9 Å². The highest BCUT2D eigenvalue weighted by atomic mass is 79.9. The highest BCUT2D eigenvalue weighted by molar-refractivity contribution is 9.10. The SMILES string of the molecule is CC1Cn2c(c(C(=O)NCc3c(F)cccc3-n3cccn3)n(-c3ccc(OC4CC4)cc3)c2=O)CN1C(=O)c1ccc(Br)c(Cl)c1. The fourth-order valence-electron chi connectivity index (χ4n) is 5.81. The molecule has 2 aliphatic rings. The molecule has 10 nitrogen and oxygen atoms in total. The van der Waals surface area contributed by atoms with Gasteiger partial charge in [-0.1, -0.05) is 17.7 Å². The Bertz CT molecular complexity index is 2060. The standard InChI is InChI=1S/C34H29BrClFN6O4/c1-20-18-41-30(19-40(20)33(45)21-6-13-26(35)27(36)16-21)31(43(34(41)46)22-7-9-23(10-8-22)47-24-11-12-24)32(44)38-17-25-28(37)4-2-5-29(25)42-15-3-14-39-42/h2-10,13-16,20,24H,11-12,17-19H2,1H3,(H,38,44). The van der Waals surface area contributed by atoms with Crippen molar-refractivity contribution in [2.45, 2.75) is 51.5 Å². The lowest BCUT2D eigenvalue weighted by Crippen LogP contribution is -2.47. The minimum atomic E-state index is -0.600. The van der Waals surface area contributed by atoms with Crippen molar-refractivity contribution in [2.75, 3.05) is 0 Å². The third-order valence-electron chi connectivity index (χ3n) is 8.38. The van der Waals surface area contributed by atoms with Gasteiger partial charge in [-0.25, -0.2) is 13.9 Å². The van der Waals surface area contributed by atoms with Crippen LogP contribution in [0.15, 0.2) is 88.4 Å². The monoisotopic (exact) mass is 718 g/mol. The normalized spacial score (nSPS) is 15.7. The maximum atomic E-state index is 15.1. The first kappa shape index (κ1) is 30.9. The van der Waals surface area contributed by atoms with Crippen molar-refractivity contribution in [3.8, 4) is 17.1 Å². The first-order valence-electron chi connectivity index (χ1n) is 15.1. The molecular weight excluding hydrogens is 691 g/mol. The summed E-state index contributed by atoms with van der Waals surface area (Å²) >= 11 is 9.65. The van der Waals surface area contributed by atoms with Gasteiger partial charge in [0.2, 0.25) is 0 Å². The third kappa shape index (κ3) is 5.98. The lowest BCUT2D eigenvalue weighted by molar-refractivity contribution is 0.0610. The van der Waals surface area contributed by atoms with Gasteiger partial charge in [-0.15, -0.1) is 0 Å². The summed E-state index contributed by atoms with van der Waals surface area (Å²) in [6, 6.07) is 17.9. The Labute approximate surface area is 282 Å². The molecule has 1 aliphatic heterocycles. The number of carbonyl (C=O) groups excluding carboxylic acids is 2. The molecule has 2 amide bonds. The van der Waals surface area contributed by atoms with Crippen LogP contribution in [0.2, 0.25) is 5.02 Å². The summed E-state index contributed by atoms with van der Waals surface area (Å²) in [6.07, 6.45) is 5.46. The molecule has 0 saturated heterocycles. The van der Waals surface area contributed by atoms with E-state index in [0.29, 0.717) is 37.9 Å². The fourth-order valence-corrected chi connectivity index (χ4v) is 6.24. The Morgan fingerprint density at radius 3 is 2.60 bits per heavy atom. The molecule has 2 aromatic heterocycles. The zero-order valence-corrected chi connectivity index (χ0v) is 27.5. The Morgan fingerprint density at radius 1 is 1.11 bits per heavy atom. The fraction of sp³-hybridized carbons (Fsp3) is 0.235. The molecule has 0 spiro atoms. The van der Waals surface area contributed by atoms with Gasteiger partial charge in [0.25, 0.3) is 11.8 Å². The van der Waals surface area contributed by atoms with Gasteiger partial charge in [-0.2, -0.15) is 5.10 Å². The number of aromatic nitrogens is 4. The minimum Gasteiger partial charge on any atom is -0.490 e. The second kappa shape index (κ2) is 12.5. The summed E-state index contributed by atoms with van der Waals surface area (Å²) in [6.45, 7) is 1.82. The van der Waals surface area contributed by atoms with Gasteiger partial charge >= 0.3 is 5.69 Å². The predicted octanol–water partition coefficient (Wildman–Crippen LogP) is 5.90. The Hall–Kier alpha value is -4.68. The highest BCUT2D eigenvalue weighted by Crippen LogP contribution is 2.30. The van der Waals surface area contributed by atoms with Crippen LogP contribution in [0.5, 0.6) is 5.75 Å². The Morgan fingerprint density at radius 2 is 1.89 bits per heavy atom. The van der Waals surface area contributed by atoms with Crippen LogP contribution in [0, 0.1) is 5.82 Å². The summed E-state index contributed by atoms with van der Waals surface area (Å²) in [5.74, 6) is -0.734. The van der Waals surface area contributed by atoms with E-state index in [0.717, 1.165) is 12.8 Å². The molecule has 1 unspecified atom stereocenters. The van der Waals surface area contributed by atoms with Crippen molar-refractivity contribution in [3.63, 3.8) is 0 Å². The number of fused-ring (bicyclic) bond motifs is 1. The first-order chi connectivity index (χ1) is 22.7. The largest absolute Gasteiger partial charge is 0.490 e. The topological polar surface area (TPSA) is 103 Å². The lowest BCUT2D eigenvalue weighted by atomic mass is 10.1. The van der Waals surface area contributed by atoms with E-state index in [9.17, 15) is 14.4 Å². The zero-order chi connectivity index (χ0) is 32.8. The molecule has 3 heterocycles. The highest BCUT2D eigenvalue weighted by Gasteiger charge is 2.35. The molecule has 3 aromatic carbocycles. The average Bonchev–Trinajstić information content (AvgIpc) is 3.61. The van der Waals surface area contributed by atoms with Gasteiger partial charge in [0.05, 0.1) is 34.7 Å². The number of nitrogens with zero attached hydrogens (tertiary/aromatic N) is 5. The quantitative estimate of drug-likeness (QED) is 0.215. The molecule has 1 atom stereocenters. The maximum absolute atomic E-state index is 15.1. The predicted molar refractivity (Wildman–Crippen MR) is 177 cm³/mol. The van der Waals surface area contributed by atoms with Crippen molar-refractivity contribution in [1.29, 1.82) is 0 Å². The van der Waals surface area contributed by atoms with Gasteiger partial charge < -0.3 is 15.0 Å². The summed E-state index contributed by atoms with van der Waals surface area (Å²) in [5.41, 5.74) is 1.53. The van der Waals surface area contributed by atoms with Crippen molar-refractivity contribution in [2.24, 2.45) is 0 Å². The maximum Gasteiger partial charge on any atom is 0.333 e. The second-order valence-electron chi connectivity index (χ2n) is 11.6. The summed E-state index contributed by atoms with van der Waals surface area (Å²) < 4.78 is 26.1. The first-order valence-corrected chi connectivity index (χ1v) is 16.3. The van der Waals surface area contributed by atoms with Crippen LogP contribution in [0.25, 0.3) is 11.4 Å². The van der Waals surface area contributed by atoms with E-state index >= 15 is 4.39 Å². The van der Waals surface area contributed by atoms with Gasteiger partial charge in [0.1, 0.15) is 17.3 Å². The van der Waals surface area contributed by atoms with Gasteiger partial charge in [-0.05, 0) is 96.4 Å². The molecule has 0 bridgehead atoms. The molecule has 47 heavy (non-hydrogen) atoms. The van der Waals surface area contributed by atoms with Gasteiger partial charge in [-0.3, -0.25) is 18.7 Å². The van der Waals surface area contributed by atoms with Crippen LogP contribution >= 0.6 is 27.5 Å². The van der Waals surface area contributed by atoms with Gasteiger partial charge in [0, 0.05) is 47.1 Å². The van der Waals surface area contributed by atoms with Crippen LogP contribution in [-0.2, 0) is 19.6 Å². The van der Waals surface area contributed by atoms with Crippen LogP contribution in [-0.4, -0.2) is 47.8 Å². The number of imidazole rings is 1. The number of carbonyl (C=O) groups is 2. The van der Waals surface area contributed by atoms with E-state index in [-0.39, 0.29) is 48.9 Å². The second-order valence-corrected chi connectivity index (χ2v) is 12.9. The number of benzene rings is 3. The molecule has 1 N–H and O–H groups in total. The van der Waals surface area contributed by atoms with E-state index < -0.39 is 17.4 Å². The number of amides is 2. The smallest absolute Gasteiger partial charge is 0.333 e. The summed E-state index contributed by atoms with van der Waals surface area (Å²) in [7, 11) is 0. The molecule has 1 aliphatic carbocycles. The van der Waals surface area contributed by atoms with Crippen LogP contribution in [0.3, 0.4) is 0 Å². The molecule has 5 aromatic rings. The minimum absolute atomic E-state index is 0.0141. The summed E-state index contributed by atoms with van der Waals surface area (Å²) in [4.78, 5) is 43.6. The van der Waals surface area contributed by atoms with E-state index in [1.54, 1.807) is 78.0 Å².